The number of rotatable bonds is 6. The van der Waals surface area contributed by atoms with Gasteiger partial charge < -0.3 is 10.6 Å². The second-order valence-electron chi connectivity index (χ2n) is 6.17. The Morgan fingerprint density at radius 3 is 2.95 bits per heavy atom. The Labute approximate surface area is 131 Å². The maximum atomic E-state index is 12.3. The molecule has 1 fully saturated rings. The average Bonchev–Trinajstić information content (AvgIpc) is 2.98. The Kier molecular flexibility index (Phi) is 6.21. The van der Waals surface area contributed by atoms with E-state index in [9.17, 15) is 4.79 Å². The van der Waals surface area contributed by atoms with Gasteiger partial charge in [0, 0.05) is 17.5 Å². The van der Waals surface area contributed by atoms with Crippen LogP contribution in [0.1, 0.15) is 37.6 Å². The quantitative estimate of drug-likeness (QED) is 0.847. The molecule has 1 aliphatic rings. The van der Waals surface area contributed by atoms with Crippen LogP contribution in [0.25, 0.3) is 0 Å². The molecule has 2 heterocycles. The van der Waals surface area contributed by atoms with Gasteiger partial charge in [0.1, 0.15) is 0 Å². The minimum atomic E-state index is 0.127. The maximum absolute atomic E-state index is 12.3. The van der Waals surface area contributed by atoms with Crippen LogP contribution in [0.15, 0.2) is 17.5 Å². The lowest BCUT2D eigenvalue weighted by Crippen LogP contribution is -2.48. The molecule has 2 unspecified atom stereocenters. The fourth-order valence-corrected chi connectivity index (χ4v) is 3.84. The van der Waals surface area contributed by atoms with Crippen LogP contribution < -0.4 is 10.6 Å². The number of likely N-dealkylation sites (tertiary alicyclic amines) is 1. The highest BCUT2D eigenvalue weighted by molar-refractivity contribution is 7.10. The van der Waals surface area contributed by atoms with Crippen LogP contribution in [0.5, 0.6) is 0 Å². The highest BCUT2D eigenvalue weighted by Crippen LogP contribution is 2.25. The number of nitrogens with one attached hydrogen (secondary N) is 2. The molecule has 0 bridgehead atoms. The molecule has 0 aliphatic carbocycles. The number of hydrogen-bond donors (Lipinski definition) is 2. The number of likely N-dealkylation sites (N-methyl/N-ethyl adjacent to an activating group) is 1. The lowest BCUT2D eigenvalue weighted by molar-refractivity contribution is -0.123. The summed E-state index contributed by atoms with van der Waals surface area (Å²) in [6.07, 6.45) is 2.37. The number of carbonyl (C=O) groups is 1. The van der Waals surface area contributed by atoms with Crippen molar-refractivity contribution in [1.82, 2.24) is 15.5 Å². The van der Waals surface area contributed by atoms with E-state index >= 15 is 0 Å². The molecule has 21 heavy (non-hydrogen) atoms. The number of hydrogen-bond acceptors (Lipinski definition) is 4. The number of thiophene rings is 1. The number of carbonyl (C=O) groups excluding carboxylic acids is 1. The molecule has 0 radical (unpaired) electrons. The minimum Gasteiger partial charge on any atom is -0.347 e. The molecule has 0 spiro atoms. The third-order valence-corrected chi connectivity index (χ3v) is 5.07. The van der Waals surface area contributed by atoms with Crippen molar-refractivity contribution >= 4 is 17.2 Å². The molecular formula is C16H27N3OS. The van der Waals surface area contributed by atoms with Crippen molar-refractivity contribution in [2.45, 2.75) is 38.8 Å². The summed E-state index contributed by atoms with van der Waals surface area (Å²) in [5.74, 6) is 0.540. The largest absolute Gasteiger partial charge is 0.347 e. The van der Waals surface area contributed by atoms with Crippen molar-refractivity contribution in [2.75, 3.05) is 26.7 Å². The minimum absolute atomic E-state index is 0.127. The standard InChI is InChI=1S/C16H27N3OS/c1-12(2)16(14-7-5-9-21-14)18-15(20)11-19-8-4-6-13(10-19)17-3/h5,7,9,12-13,16-17H,4,6,8,10-11H2,1-3H3,(H,18,20). The van der Waals surface area contributed by atoms with E-state index in [-0.39, 0.29) is 11.9 Å². The smallest absolute Gasteiger partial charge is 0.234 e. The second kappa shape index (κ2) is 7.92. The fraction of sp³-hybridized carbons (Fsp3) is 0.688. The Balaban J connectivity index is 1.88. The van der Waals surface area contributed by atoms with Crippen LogP contribution in [0.4, 0.5) is 0 Å². The summed E-state index contributed by atoms with van der Waals surface area (Å²) < 4.78 is 0. The lowest BCUT2D eigenvalue weighted by Gasteiger charge is -2.32. The molecule has 2 N–H and O–H groups in total. The molecule has 2 rings (SSSR count). The summed E-state index contributed by atoms with van der Waals surface area (Å²) in [6, 6.07) is 4.80. The fourth-order valence-electron chi connectivity index (χ4n) is 2.89. The summed E-state index contributed by atoms with van der Waals surface area (Å²) in [4.78, 5) is 15.8. The van der Waals surface area contributed by atoms with E-state index in [0.717, 1.165) is 19.5 Å². The topological polar surface area (TPSA) is 44.4 Å². The van der Waals surface area contributed by atoms with Crippen molar-refractivity contribution < 1.29 is 4.79 Å². The average molecular weight is 309 g/mol. The molecule has 1 aromatic rings. The van der Waals surface area contributed by atoms with Crippen molar-refractivity contribution in [1.29, 1.82) is 0 Å². The molecule has 4 nitrogen and oxygen atoms in total. The van der Waals surface area contributed by atoms with Gasteiger partial charge in [-0.2, -0.15) is 0 Å². The number of piperidine rings is 1. The van der Waals surface area contributed by atoms with Gasteiger partial charge in [-0.05, 0) is 43.8 Å². The van der Waals surface area contributed by atoms with Gasteiger partial charge in [0.2, 0.25) is 5.91 Å². The first-order valence-electron chi connectivity index (χ1n) is 7.82. The van der Waals surface area contributed by atoms with Gasteiger partial charge in [0.05, 0.1) is 12.6 Å². The van der Waals surface area contributed by atoms with E-state index in [2.05, 4.69) is 40.8 Å². The van der Waals surface area contributed by atoms with Gasteiger partial charge in [-0.3, -0.25) is 9.69 Å². The predicted molar refractivity (Wildman–Crippen MR) is 88.6 cm³/mol. The Hall–Kier alpha value is -0.910. The molecule has 5 heteroatoms. The highest BCUT2D eigenvalue weighted by Gasteiger charge is 2.23. The third-order valence-electron chi connectivity index (χ3n) is 4.11. The predicted octanol–water partition coefficient (Wildman–Crippen LogP) is 2.25. The summed E-state index contributed by atoms with van der Waals surface area (Å²) >= 11 is 1.71. The van der Waals surface area contributed by atoms with Gasteiger partial charge in [0.25, 0.3) is 0 Å². The molecular weight excluding hydrogens is 282 g/mol. The number of nitrogens with zero attached hydrogens (tertiary/aromatic N) is 1. The van der Waals surface area contributed by atoms with Gasteiger partial charge in [-0.15, -0.1) is 11.3 Å². The van der Waals surface area contributed by atoms with Crippen LogP contribution in [-0.4, -0.2) is 43.5 Å². The molecule has 1 saturated heterocycles. The van der Waals surface area contributed by atoms with Crippen LogP contribution in [0, 0.1) is 5.92 Å². The molecule has 1 aromatic heterocycles. The zero-order valence-corrected chi connectivity index (χ0v) is 14.1. The van der Waals surface area contributed by atoms with E-state index in [1.165, 1.54) is 11.3 Å². The summed E-state index contributed by atoms with van der Waals surface area (Å²) in [7, 11) is 2.00. The molecule has 1 amide bonds. The van der Waals surface area contributed by atoms with Crippen LogP contribution >= 0.6 is 11.3 Å². The Morgan fingerprint density at radius 2 is 2.33 bits per heavy atom. The van der Waals surface area contributed by atoms with Gasteiger partial charge >= 0.3 is 0 Å². The van der Waals surface area contributed by atoms with E-state index in [0.29, 0.717) is 18.5 Å². The lowest BCUT2D eigenvalue weighted by atomic mass is 10.0. The number of amides is 1. The Bertz CT molecular complexity index is 433. The molecule has 0 saturated carbocycles. The normalized spacial score (nSPS) is 21.4. The van der Waals surface area contributed by atoms with E-state index in [1.807, 2.05) is 13.1 Å². The summed E-state index contributed by atoms with van der Waals surface area (Å²) in [6.45, 7) is 6.81. The van der Waals surface area contributed by atoms with Crippen LogP contribution in [0.3, 0.4) is 0 Å². The Morgan fingerprint density at radius 1 is 1.52 bits per heavy atom. The second-order valence-corrected chi connectivity index (χ2v) is 7.15. The van der Waals surface area contributed by atoms with Crippen LogP contribution in [-0.2, 0) is 4.79 Å². The first-order chi connectivity index (χ1) is 10.1. The van der Waals surface area contributed by atoms with Crippen molar-refractivity contribution in [3.05, 3.63) is 22.4 Å². The summed E-state index contributed by atoms with van der Waals surface area (Å²) in [5, 5.41) is 8.59. The molecule has 1 aliphatic heterocycles. The van der Waals surface area contributed by atoms with E-state index in [4.69, 9.17) is 0 Å². The zero-order chi connectivity index (χ0) is 15.2. The van der Waals surface area contributed by atoms with E-state index < -0.39 is 0 Å². The maximum Gasteiger partial charge on any atom is 0.234 e. The van der Waals surface area contributed by atoms with Crippen LogP contribution in [0.2, 0.25) is 0 Å². The first kappa shape index (κ1) is 16.5. The highest BCUT2D eigenvalue weighted by atomic mass is 32.1. The first-order valence-corrected chi connectivity index (χ1v) is 8.70. The molecule has 2 atom stereocenters. The van der Waals surface area contributed by atoms with Crippen molar-refractivity contribution in [3.63, 3.8) is 0 Å². The van der Waals surface area contributed by atoms with E-state index in [1.54, 1.807) is 11.3 Å². The molecule has 118 valence electrons. The van der Waals surface area contributed by atoms with Gasteiger partial charge in [-0.1, -0.05) is 19.9 Å². The molecule has 0 aromatic carbocycles. The monoisotopic (exact) mass is 309 g/mol. The third kappa shape index (κ3) is 4.80. The van der Waals surface area contributed by atoms with Crippen molar-refractivity contribution in [3.8, 4) is 0 Å². The SMILES string of the molecule is CNC1CCCN(CC(=O)NC(c2cccs2)C(C)C)C1. The van der Waals surface area contributed by atoms with Gasteiger partial charge in [-0.25, -0.2) is 0 Å². The summed E-state index contributed by atoms with van der Waals surface area (Å²) in [5.41, 5.74) is 0. The van der Waals surface area contributed by atoms with Gasteiger partial charge in [0.15, 0.2) is 0 Å². The van der Waals surface area contributed by atoms with Crippen molar-refractivity contribution in [2.24, 2.45) is 5.92 Å². The zero-order valence-electron chi connectivity index (χ0n) is 13.3.